The zero-order valence-electron chi connectivity index (χ0n) is 11.1. The Labute approximate surface area is 120 Å². The molecule has 0 aliphatic carbocycles. The molecule has 2 atom stereocenters. The van der Waals surface area contributed by atoms with Gasteiger partial charge in [0.1, 0.15) is 6.10 Å². The van der Waals surface area contributed by atoms with Crippen molar-refractivity contribution in [1.82, 2.24) is 9.97 Å². The molecule has 20 heavy (non-hydrogen) atoms. The fraction of sp³-hybridized carbons (Fsp3) is 0.583. The normalized spacial score (nSPS) is 24.4. The number of esters is 1. The largest absolute Gasteiger partial charge is 0.482 e. The van der Waals surface area contributed by atoms with Crippen molar-refractivity contribution in [2.75, 3.05) is 31.8 Å². The van der Waals surface area contributed by atoms with Crippen molar-refractivity contribution in [3.05, 3.63) is 11.0 Å². The van der Waals surface area contributed by atoms with E-state index in [0.29, 0.717) is 31.3 Å². The maximum absolute atomic E-state index is 11.8. The van der Waals surface area contributed by atoms with Crippen LogP contribution in [-0.4, -0.2) is 55.0 Å². The Bertz CT molecular complexity index is 554. The number of ether oxygens (including phenoxy) is 3. The molecule has 0 bridgehead atoms. The molecule has 0 amide bonds. The van der Waals surface area contributed by atoms with Gasteiger partial charge in [0.05, 0.1) is 26.4 Å². The van der Waals surface area contributed by atoms with Crippen molar-refractivity contribution in [2.45, 2.75) is 19.1 Å². The molecule has 1 saturated heterocycles. The first-order valence-corrected chi connectivity index (χ1v) is 6.66. The number of aromatic nitrogens is 2. The van der Waals surface area contributed by atoms with Crippen LogP contribution in [0.4, 0.5) is 5.82 Å². The molecule has 3 heterocycles. The molecular formula is C12H14ClN3O4. The number of halogens is 1. The molecule has 7 nitrogen and oxygen atoms in total. The van der Waals surface area contributed by atoms with Crippen LogP contribution in [0.25, 0.3) is 0 Å². The van der Waals surface area contributed by atoms with Crippen molar-refractivity contribution >= 4 is 23.4 Å². The van der Waals surface area contributed by atoms with E-state index in [1.165, 1.54) is 7.11 Å². The zero-order chi connectivity index (χ0) is 14.3. The van der Waals surface area contributed by atoms with Crippen LogP contribution in [0.15, 0.2) is 0 Å². The topological polar surface area (TPSA) is 73.8 Å². The smallest absolute Gasteiger partial charge is 0.360 e. The molecule has 0 N–H and O–H groups in total. The van der Waals surface area contributed by atoms with Gasteiger partial charge in [0, 0.05) is 6.54 Å². The van der Waals surface area contributed by atoms with Gasteiger partial charge in [0.2, 0.25) is 5.28 Å². The predicted molar refractivity (Wildman–Crippen MR) is 70.4 cm³/mol. The van der Waals surface area contributed by atoms with Gasteiger partial charge in [-0.15, -0.1) is 0 Å². The first-order chi connectivity index (χ1) is 9.61. The molecule has 1 fully saturated rings. The molecule has 2 aliphatic rings. The summed E-state index contributed by atoms with van der Waals surface area (Å²) in [5.41, 5.74) is 0.0549. The average Bonchev–Trinajstić information content (AvgIpc) is 2.47. The van der Waals surface area contributed by atoms with Crippen molar-refractivity contribution in [3.63, 3.8) is 0 Å². The summed E-state index contributed by atoms with van der Waals surface area (Å²) in [6, 6.07) is 0.0488. The molecule has 2 unspecified atom stereocenters. The van der Waals surface area contributed by atoms with Crippen LogP contribution in [0, 0.1) is 0 Å². The molecule has 1 aromatic heterocycles. The molecule has 2 aliphatic heterocycles. The number of hydrogen-bond acceptors (Lipinski definition) is 7. The summed E-state index contributed by atoms with van der Waals surface area (Å²) in [6.07, 6.45) is -0.143. The van der Waals surface area contributed by atoms with Crippen LogP contribution in [0.1, 0.15) is 17.4 Å². The number of nitrogens with zero attached hydrogens (tertiary/aromatic N) is 3. The first kappa shape index (κ1) is 13.4. The highest BCUT2D eigenvalue weighted by Gasteiger charge is 2.39. The number of carbonyl (C=O) groups is 1. The fourth-order valence-corrected chi connectivity index (χ4v) is 2.65. The number of methoxy groups -OCH3 is 1. The number of rotatable bonds is 1. The van der Waals surface area contributed by atoms with Crippen molar-refractivity contribution in [3.8, 4) is 5.75 Å². The molecule has 0 radical (unpaired) electrons. The zero-order valence-corrected chi connectivity index (χ0v) is 11.9. The number of morpholine rings is 1. The third kappa shape index (κ3) is 2.06. The lowest BCUT2D eigenvalue weighted by molar-refractivity contribution is 0.0396. The van der Waals surface area contributed by atoms with Crippen molar-refractivity contribution < 1.29 is 19.0 Å². The van der Waals surface area contributed by atoms with E-state index in [1.54, 1.807) is 0 Å². The Morgan fingerprint density at radius 1 is 1.50 bits per heavy atom. The van der Waals surface area contributed by atoms with Gasteiger partial charge in [-0.2, -0.15) is 4.98 Å². The van der Waals surface area contributed by atoms with Gasteiger partial charge in [0.25, 0.3) is 0 Å². The molecule has 3 rings (SSSR count). The third-order valence-electron chi connectivity index (χ3n) is 3.48. The summed E-state index contributed by atoms with van der Waals surface area (Å²) in [4.78, 5) is 22.0. The summed E-state index contributed by atoms with van der Waals surface area (Å²) in [7, 11) is 1.29. The Hall–Kier alpha value is -1.60. The molecule has 0 aromatic carbocycles. The van der Waals surface area contributed by atoms with E-state index in [-0.39, 0.29) is 23.1 Å². The lowest BCUT2D eigenvalue weighted by Gasteiger charge is -2.43. The van der Waals surface area contributed by atoms with E-state index in [2.05, 4.69) is 9.97 Å². The monoisotopic (exact) mass is 299 g/mol. The quantitative estimate of drug-likeness (QED) is 0.563. The van der Waals surface area contributed by atoms with Gasteiger partial charge in [0.15, 0.2) is 17.3 Å². The van der Waals surface area contributed by atoms with E-state index >= 15 is 0 Å². The Kier molecular flexibility index (Phi) is 3.39. The van der Waals surface area contributed by atoms with E-state index in [9.17, 15) is 4.79 Å². The second-order valence-corrected chi connectivity index (χ2v) is 4.98. The van der Waals surface area contributed by atoms with Crippen LogP contribution in [-0.2, 0) is 9.47 Å². The average molecular weight is 300 g/mol. The molecule has 0 spiro atoms. The highest BCUT2D eigenvalue weighted by molar-refractivity contribution is 6.28. The standard InChI is InChI=1S/C12H14ClN3O4/c1-6-7-5-19-4-3-16(7)10-9(20-6)8(11(17)18-2)14-12(13)15-10/h6-7H,3-5H2,1-2H3. The van der Waals surface area contributed by atoms with Crippen molar-refractivity contribution in [1.29, 1.82) is 0 Å². The summed E-state index contributed by atoms with van der Waals surface area (Å²) in [5, 5.41) is -0.00690. The SMILES string of the molecule is COC(=O)c1nc(Cl)nc2c1OC(C)C1COCCN21. The highest BCUT2D eigenvalue weighted by atomic mass is 35.5. The fourth-order valence-electron chi connectivity index (χ4n) is 2.49. The Morgan fingerprint density at radius 3 is 3.05 bits per heavy atom. The Morgan fingerprint density at radius 2 is 2.30 bits per heavy atom. The maximum atomic E-state index is 11.8. The van der Waals surface area contributed by atoms with Crippen LogP contribution in [0.3, 0.4) is 0 Å². The summed E-state index contributed by atoms with van der Waals surface area (Å²) in [5.74, 6) is 0.258. The molecule has 108 valence electrons. The summed E-state index contributed by atoms with van der Waals surface area (Å²) in [6.45, 7) is 3.73. The number of hydrogen-bond donors (Lipinski definition) is 0. The maximum Gasteiger partial charge on any atom is 0.360 e. The van der Waals surface area contributed by atoms with E-state index in [4.69, 9.17) is 25.8 Å². The van der Waals surface area contributed by atoms with Crippen molar-refractivity contribution in [2.24, 2.45) is 0 Å². The van der Waals surface area contributed by atoms with Gasteiger partial charge in [-0.05, 0) is 18.5 Å². The lowest BCUT2D eigenvalue weighted by atomic mass is 10.1. The Balaban J connectivity index is 2.12. The number of anilines is 1. The van der Waals surface area contributed by atoms with Gasteiger partial charge in [-0.25, -0.2) is 9.78 Å². The van der Waals surface area contributed by atoms with Crippen LogP contribution in [0.5, 0.6) is 5.75 Å². The molecular weight excluding hydrogens is 286 g/mol. The minimum absolute atomic E-state index is 0.00690. The van der Waals surface area contributed by atoms with Gasteiger partial charge < -0.3 is 19.1 Å². The first-order valence-electron chi connectivity index (χ1n) is 6.28. The summed E-state index contributed by atoms with van der Waals surface area (Å²) >= 11 is 5.91. The summed E-state index contributed by atoms with van der Waals surface area (Å²) < 4.78 is 16.0. The minimum Gasteiger partial charge on any atom is -0.482 e. The second kappa shape index (κ2) is 5.06. The van der Waals surface area contributed by atoms with E-state index in [0.717, 1.165) is 0 Å². The lowest BCUT2D eigenvalue weighted by Crippen LogP contribution is -2.55. The van der Waals surface area contributed by atoms with E-state index < -0.39 is 5.97 Å². The van der Waals surface area contributed by atoms with Crippen LogP contribution in [0.2, 0.25) is 5.28 Å². The third-order valence-corrected chi connectivity index (χ3v) is 3.65. The van der Waals surface area contributed by atoms with Gasteiger partial charge in [-0.1, -0.05) is 0 Å². The molecule has 0 saturated carbocycles. The molecule has 8 heteroatoms. The predicted octanol–water partition coefficient (Wildman–Crippen LogP) is 0.903. The van der Waals surface area contributed by atoms with Crippen LogP contribution >= 0.6 is 11.6 Å². The van der Waals surface area contributed by atoms with E-state index in [1.807, 2.05) is 11.8 Å². The van der Waals surface area contributed by atoms with Gasteiger partial charge in [-0.3, -0.25) is 0 Å². The number of fused-ring (bicyclic) bond motifs is 3. The van der Waals surface area contributed by atoms with Gasteiger partial charge >= 0.3 is 5.97 Å². The second-order valence-electron chi connectivity index (χ2n) is 4.64. The highest BCUT2D eigenvalue weighted by Crippen LogP contribution is 2.38. The molecule has 1 aromatic rings. The number of carbonyl (C=O) groups excluding carboxylic acids is 1. The minimum atomic E-state index is -0.593. The van der Waals surface area contributed by atoms with Crippen LogP contribution < -0.4 is 9.64 Å².